The van der Waals surface area contributed by atoms with Gasteiger partial charge in [0.2, 0.25) is 5.91 Å². The fourth-order valence-corrected chi connectivity index (χ4v) is 4.07. The van der Waals surface area contributed by atoms with Crippen LogP contribution in [0.5, 0.6) is 0 Å². The van der Waals surface area contributed by atoms with E-state index in [2.05, 4.69) is 10.3 Å². The normalized spacial score (nSPS) is 16.9. The molecule has 1 saturated heterocycles. The van der Waals surface area contributed by atoms with Crippen LogP contribution in [0, 0.1) is 11.7 Å². The van der Waals surface area contributed by atoms with E-state index < -0.39 is 5.82 Å². The molecule has 1 aliphatic carbocycles. The van der Waals surface area contributed by atoms with Crippen LogP contribution in [0.3, 0.4) is 0 Å². The highest BCUT2D eigenvalue weighted by atomic mass is 35.5. The van der Waals surface area contributed by atoms with E-state index in [1.165, 1.54) is 30.9 Å². The second kappa shape index (κ2) is 7.05. The minimum absolute atomic E-state index is 0.00227. The highest BCUT2D eigenvalue weighted by molar-refractivity contribution is 6.37. The number of rotatable bonds is 5. The maximum absolute atomic E-state index is 14.9. The molecule has 9 heteroatoms. The van der Waals surface area contributed by atoms with Gasteiger partial charge in [-0.15, -0.1) is 5.10 Å². The third-order valence-electron chi connectivity index (χ3n) is 5.71. The Morgan fingerprint density at radius 2 is 1.93 bits per heavy atom. The molecule has 0 bridgehead atoms. The van der Waals surface area contributed by atoms with E-state index in [1.807, 2.05) is 10.7 Å². The summed E-state index contributed by atoms with van der Waals surface area (Å²) in [6.45, 7) is 0.980. The number of hydrogen-bond acceptors (Lipinski definition) is 4. The van der Waals surface area contributed by atoms with Gasteiger partial charge in [-0.25, -0.2) is 13.9 Å². The molecule has 1 aromatic heterocycles. The number of carbonyl (C=O) groups excluding carboxylic acids is 2. The summed E-state index contributed by atoms with van der Waals surface area (Å²) in [6.07, 6.45) is 2.41. The van der Waals surface area contributed by atoms with Gasteiger partial charge in [0.15, 0.2) is 0 Å². The van der Waals surface area contributed by atoms with Gasteiger partial charge in [0.1, 0.15) is 17.9 Å². The van der Waals surface area contributed by atoms with Crippen LogP contribution >= 0.6 is 11.6 Å². The number of nitrogens with zero attached hydrogens (tertiary/aromatic N) is 5. The Labute approximate surface area is 177 Å². The summed E-state index contributed by atoms with van der Waals surface area (Å²) in [7, 11) is 1.44. The van der Waals surface area contributed by atoms with E-state index in [0.29, 0.717) is 33.1 Å². The van der Waals surface area contributed by atoms with Crippen molar-refractivity contribution in [1.29, 1.82) is 0 Å². The number of benzene rings is 2. The highest BCUT2D eigenvalue weighted by Crippen LogP contribution is 2.36. The largest absolute Gasteiger partial charge is 0.327 e. The van der Waals surface area contributed by atoms with Crippen LogP contribution in [-0.4, -0.2) is 50.3 Å². The van der Waals surface area contributed by atoms with E-state index in [9.17, 15) is 14.0 Å². The summed E-state index contributed by atoms with van der Waals surface area (Å²) in [5.41, 5.74) is 2.89. The first kappa shape index (κ1) is 19.0. The molecule has 1 saturated carbocycles. The number of likely N-dealkylation sites (N-methyl/N-ethyl adjacent to an activating group) is 1. The molecule has 2 fully saturated rings. The maximum atomic E-state index is 14.9. The van der Waals surface area contributed by atoms with Gasteiger partial charge in [0.25, 0.3) is 0 Å². The van der Waals surface area contributed by atoms with Crippen molar-refractivity contribution in [3.63, 3.8) is 0 Å². The minimum atomic E-state index is -0.453. The number of amides is 3. The maximum Gasteiger partial charge on any atom is 0.327 e. The Balaban J connectivity index is 1.43. The number of fused-ring (bicyclic) bond motifs is 1. The highest BCUT2D eigenvalue weighted by Gasteiger charge is 2.33. The molecular formula is C21H19ClFN5O2. The van der Waals surface area contributed by atoms with Crippen LogP contribution in [0.2, 0.25) is 5.02 Å². The molecule has 154 valence electrons. The number of aromatic nitrogens is 3. The molecule has 0 N–H and O–H groups in total. The number of halogens is 2. The Hall–Kier alpha value is -3.00. The molecule has 2 aliphatic rings. The van der Waals surface area contributed by atoms with Crippen molar-refractivity contribution in [2.45, 2.75) is 25.9 Å². The number of urea groups is 1. The van der Waals surface area contributed by atoms with Crippen molar-refractivity contribution in [3.8, 4) is 11.1 Å². The van der Waals surface area contributed by atoms with Crippen molar-refractivity contribution in [3.05, 3.63) is 46.7 Å². The summed E-state index contributed by atoms with van der Waals surface area (Å²) in [5, 5.41) is 8.77. The first-order valence-electron chi connectivity index (χ1n) is 9.78. The van der Waals surface area contributed by atoms with E-state index in [1.54, 1.807) is 18.2 Å². The van der Waals surface area contributed by atoms with Crippen molar-refractivity contribution < 1.29 is 14.0 Å². The summed E-state index contributed by atoms with van der Waals surface area (Å²) in [4.78, 5) is 26.2. The lowest BCUT2D eigenvalue weighted by molar-refractivity contribution is -0.124. The summed E-state index contributed by atoms with van der Waals surface area (Å²) >= 11 is 6.56. The monoisotopic (exact) mass is 427 g/mol. The van der Waals surface area contributed by atoms with E-state index in [4.69, 9.17) is 11.6 Å². The van der Waals surface area contributed by atoms with Gasteiger partial charge in [-0.1, -0.05) is 35.0 Å². The topological polar surface area (TPSA) is 71.3 Å². The molecule has 2 aromatic carbocycles. The van der Waals surface area contributed by atoms with E-state index in [0.717, 1.165) is 17.0 Å². The van der Waals surface area contributed by atoms with Gasteiger partial charge in [-0.3, -0.25) is 9.69 Å². The predicted molar refractivity (Wildman–Crippen MR) is 109 cm³/mol. The predicted octanol–water partition coefficient (Wildman–Crippen LogP) is 3.69. The molecule has 0 spiro atoms. The van der Waals surface area contributed by atoms with E-state index >= 15 is 0 Å². The van der Waals surface area contributed by atoms with E-state index in [-0.39, 0.29) is 25.0 Å². The zero-order valence-electron chi connectivity index (χ0n) is 16.3. The summed E-state index contributed by atoms with van der Waals surface area (Å²) < 4.78 is 16.8. The molecule has 0 unspecified atom stereocenters. The van der Waals surface area contributed by atoms with Crippen molar-refractivity contribution in [2.75, 3.05) is 13.6 Å². The number of hydrogen-bond donors (Lipinski definition) is 0. The Morgan fingerprint density at radius 1 is 1.17 bits per heavy atom. The van der Waals surface area contributed by atoms with Crippen molar-refractivity contribution >= 4 is 34.6 Å². The number of carbonyl (C=O) groups is 2. The zero-order valence-corrected chi connectivity index (χ0v) is 17.1. The quantitative estimate of drug-likeness (QED) is 0.582. The average molecular weight is 428 g/mol. The Kier molecular flexibility index (Phi) is 4.47. The molecule has 0 atom stereocenters. The molecule has 3 aromatic rings. The van der Waals surface area contributed by atoms with Gasteiger partial charge in [0, 0.05) is 31.3 Å². The second-order valence-electron chi connectivity index (χ2n) is 7.92. The lowest BCUT2D eigenvalue weighted by Gasteiger charge is -2.15. The van der Waals surface area contributed by atoms with Crippen molar-refractivity contribution in [2.24, 2.45) is 5.92 Å². The van der Waals surface area contributed by atoms with Crippen LogP contribution in [0.4, 0.5) is 9.18 Å². The van der Waals surface area contributed by atoms with Gasteiger partial charge in [0.05, 0.1) is 10.5 Å². The third kappa shape index (κ3) is 3.21. The first-order chi connectivity index (χ1) is 14.4. The molecule has 3 amide bonds. The van der Waals surface area contributed by atoms with Gasteiger partial charge in [-0.05, 0) is 36.5 Å². The van der Waals surface area contributed by atoms with Gasteiger partial charge in [-0.2, -0.15) is 0 Å². The van der Waals surface area contributed by atoms with Gasteiger partial charge >= 0.3 is 6.03 Å². The van der Waals surface area contributed by atoms with Crippen LogP contribution < -0.4 is 0 Å². The smallest absolute Gasteiger partial charge is 0.311 e. The molecule has 30 heavy (non-hydrogen) atoms. The van der Waals surface area contributed by atoms with Crippen LogP contribution in [0.25, 0.3) is 22.2 Å². The molecule has 0 radical (unpaired) electrons. The Bertz CT molecular complexity index is 1190. The fraction of sp³-hybridized carbons (Fsp3) is 0.333. The molecule has 7 nitrogen and oxygen atoms in total. The standard InChI is InChI=1S/C21H19ClFN5O2/c1-26-18(29)11-27(21(26)30)9-13-4-5-14(16(23)8-13)15-6-7-17-20(19(15)22)24-25-28(17)10-12-2-3-12/h4-8,12H,2-3,9-11H2,1H3. The second-order valence-corrected chi connectivity index (χ2v) is 8.29. The van der Waals surface area contributed by atoms with Crippen molar-refractivity contribution in [1.82, 2.24) is 24.8 Å². The SMILES string of the molecule is CN1C(=O)CN(Cc2ccc(-c3ccc4c(nnn4CC4CC4)c3Cl)c(F)c2)C1=O. The summed E-state index contributed by atoms with van der Waals surface area (Å²) in [6, 6.07) is 8.02. The fourth-order valence-electron chi connectivity index (χ4n) is 3.77. The summed E-state index contributed by atoms with van der Waals surface area (Å²) in [5.74, 6) is -0.0757. The van der Waals surface area contributed by atoms with Gasteiger partial charge < -0.3 is 4.90 Å². The first-order valence-corrected chi connectivity index (χ1v) is 10.2. The van der Waals surface area contributed by atoms with Crippen LogP contribution in [0.1, 0.15) is 18.4 Å². The molecular weight excluding hydrogens is 409 g/mol. The average Bonchev–Trinajstić information content (AvgIpc) is 3.40. The third-order valence-corrected chi connectivity index (χ3v) is 6.09. The Morgan fingerprint density at radius 3 is 2.60 bits per heavy atom. The van der Waals surface area contributed by atoms with Crippen LogP contribution in [0.15, 0.2) is 30.3 Å². The molecule has 1 aliphatic heterocycles. The zero-order chi connectivity index (χ0) is 21.0. The minimum Gasteiger partial charge on any atom is -0.311 e. The van der Waals surface area contributed by atoms with Crippen LogP contribution in [-0.2, 0) is 17.9 Å². The lowest BCUT2D eigenvalue weighted by Crippen LogP contribution is -2.29. The molecule has 5 rings (SSSR count). The number of imide groups is 1. The molecule has 2 heterocycles. The lowest BCUT2D eigenvalue weighted by atomic mass is 10.0.